The van der Waals surface area contributed by atoms with Crippen LogP contribution < -0.4 is 5.32 Å². The van der Waals surface area contributed by atoms with Crippen LogP contribution in [-0.4, -0.2) is 28.5 Å². The fourth-order valence-corrected chi connectivity index (χ4v) is 1.95. The maximum absolute atomic E-state index is 11.8. The van der Waals surface area contributed by atoms with E-state index in [2.05, 4.69) is 5.32 Å². The first-order valence-corrected chi connectivity index (χ1v) is 6.48. The molecule has 1 amide bonds. The van der Waals surface area contributed by atoms with Gasteiger partial charge in [0.2, 0.25) is 0 Å². The molecule has 1 rings (SSSR count). The number of rotatable bonds is 6. The van der Waals surface area contributed by atoms with Gasteiger partial charge in [0.1, 0.15) is 11.5 Å². The van der Waals surface area contributed by atoms with Gasteiger partial charge in [-0.25, -0.2) is 0 Å². The van der Waals surface area contributed by atoms with Gasteiger partial charge in [0.15, 0.2) is 0 Å². The van der Waals surface area contributed by atoms with Crippen LogP contribution in [-0.2, 0) is 0 Å². The van der Waals surface area contributed by atoms with Crippen molar-refractivity contribution in [3.63, 3.8) is 0 Å². The van der Waals surface area contributed by atoms with Crippen molar-refractivity contribution in [3.8, 4) is 11.5 Å². The van der Waals surface area contributed by atoms with E-state index in [4.69, 9.17) is 11.6 Å². The number of phenolic OH excluding ortho intramolecular Hbond substituents is 2. The summed E-state index contributed by atoms with van der Waals surface area (Å²) in [5, 5.41) is 21.6. The van der Waals surface area contributed by atoms with Crippen LogP contribution in [0, 0.1) is 5.92 Å². The molecule has 0 aromatic heterocycles. The average Bonchev–Trinajstić information content (AvgIpc) is 2.37. The molecule has 0 saturated carbocycles. The Morgan fingerprint density at radius 1 is 1.44 bits per heavy atom. The Hall–Kier alpha value is -1.42. The molecule has 0 aliphatic heterocycles. The van der Waals surface area contributed by atoms with E-state index in [1.54, 1.807) is 0 Å². The van der Waals surface area contributed by atoms with E-state index < -0.39 is 5.91 Å². The average molecular weight is 272 g/mol. The topological polar surface area (TPSA) is 69.6 Å². The van der Waals surface area contributed by atoms with Gasteiger partial charge in [0, 0.05) is 12.4 Å². The van der Waals surface area contributed by atoms with Gasteiger partial charge in [-0.3, -0.25) is 4.79 Å². The summed E-state index contributed by atoms with van der Waals surface area (Å²) in [5.74, 6) is 0.301. The summed E-state index contributed by atoms with van der Waals surface area (Å²) in [6.45, 7) is 2.55. The first-order chi connectivity index (χ1) is 8.58. The minimum Gasteiger partial charge on any atom is -0.508 e. The molecule has 0 heterocycles. The molecule has 0 radical (unpaired) electrons. The third kappa shape index (κ3) is 4.11. The highest BCUT2D eigenvalue weighted by molar-refractivity contribution is 6.17. The molecule has 3 N–H and O–H groups in total. The van der Waals surface area contributed by atoms with Crippen molar-refractivity contribution < 1.29 is 15.0 Å². The van der Waals surface area contributed by atoms with E-state index in [1.807, 2.05) is 6.92 Å². The molecule has 0 fully saturated rings. The zero-order valence-corrected chi connectivity index (χ0v) is 11.1. The van der Waals surface area contributed by atoms with E-state index in [-0.39, 0.29) is 17.1 Å². The summed E-state index contributed by atoms with van der Waals surface area (Å²) in [7, 11) is 0. The van der Waals surface area contributed by atoms with E-state index >= 15 is 0 Å². The van der Waals surface area contributed by atoms with Crippen molar-refractivity contribution in [3.05, 3.63) is 23.8 Å². The molecule has 1 atom stereocenters. The molecule has 0 spiro atoms. The minimum atomic E-state index is -0.392. The second-order valence-corrected chi connectivity index (χ2v) is 4.54. The van der Waals surface area contributed by atoms with Crippen molar-refractivity contribution >= 4 is 17.5 Å². The van der Waals surface area contributed by atoms with Crippen LogP contribution in [0.1, 0.15) is 30.1 Å². The predicted molar refractivity (Wildman–Crippen MR) is 71.2 cm³/mol. The van der Waals surface area contributed by atoms with E-state index in [9.17, 15) is 15.0 Å². The number of hydrogen-bond acceptors (Lipinski definition) is 3. The molecule has 0 bridgehead atoms. The molecule has 5 heteroatoms. The first kappa shape index (κ1) is 14.6. The lowest BCUT2D eigenvalue weighted by molar-refractivity contribution is 0.0943. The fraction of sp³-hybridized carbons (Fsp3) is 0.462. The monoisotopic (exact) mass is 271 g/mol. The molecule has 1 aromatic rings. The molecular weight excluding hydrogens is 254 g/mol. The third-order valence-corrected chi connectivity index (χ3v) is 3.09. The van der Waals surface area contributed by atoms with Crippen LogP contribution in [0.5, 0.6) is 11.5 Å². The van der Waals surface area contributed by atoms with Crippen molar-refractivity contribution in [1.29, 1.82) is 0 Å². The number of hydrogen-bond donors (Lipinski definition) is 3. The number of carbonyl (C=O) groups is 1. The Morgan fingerprint density at radius 3 is 2.78 bits per heavy atom. The summed E-state index contributed by atoms with van der Waals surface area (Å²) < 4.78 is 0. The number of aromatic hydroxyl groups is 2. The van der Waals surface area contributed by atoms with Gasteiger partial charge >= 0.3 is 0 Å². The molecule has 0 aliphatic carbocycles. The van der Waals surface area contributed by atoms with Gasteiger partial charge in [-0.05, 0) is 30.5 Å². The maximum atomic E-state index is 11.8. The van der Waals surface area contributed by atoms with Gasteiger partial charge in [-0.1, -0.05) is 13.3 Å². The van der Waals surface area contributed by atoms with Crippen LogP contribution >= 0.6 is 11.6 Å². The van der Waals surface area contributed by atoms with Crippen LogP contribution in [0.4, 0.5) is 0 Å². The smallest absolute Gasteiger partial charge is 0.255 e. The summed E-state index contributed by atoms with van der Waals surface area (Å²) in [5.41, 5.74) is 0.0794. The van der Waals surface area contributed by atoms with E-state index in [0.29, 0.717) is 18.3 Å². The van der Waals surface area contributed by atoms with Gasteiger partial charge in [-0.15, -0.1) is 11.6 Å². The second-order valence-electron chi connectivity index (χ2n) is 4.16. The molecule has 18 heavy (non-hydrogen) atoms. The van der Waals surface area contributed by atoms with Crippen molar-refractivity contribution in [2.75, 3.05) is 12.4 Å². The summed E-state index contributed by atoms with van der Waals surface area (Å²) in [4.78, 5) is 11.8. The molecule has 1 unspecified atom stereocenters. The summed E-state index contributed by atoms with van der Waals surface area (Å²) in [6, 6.07) is 3.86. The number of amides is 1. The number of alkyl halides is 1. The summed E-state index contributed by atoms with van der Waals surface area (Å²) >= 11 is 5.67. The Labute approximate surface area is 112 Å². The third-order valence-electron chi connectivity index (χ3n) is 2.87. The van der Waals surface area contributed by atoms with E-state index in [0.717, 1.165) is 12.8 Å². The molecular formula is C13H18ClNO3. The van der Waals surface area contributed by atoms with Crippen LogP contribution in [0.15, 0.2) is 18.2 Å². The fourth-order valence-electron chi connectivity index (χ4n) is 1.64. The zero-order chi connectivity index (χ0) is 13.5. The predicted octanol–water partition coefficient (Wildman–Crippen LogP) is 2.48. The van der Waals surface area contributed by atoms with Gasteiger partial charge in [0.05, 0.1) is 5.56 Å². The normalized spacial score (nSPS) is 12.1. The van der Waals surface area contributed by atoms with E-state index in [1.165, 1.54) is 18.2 Å². The number of benzene rings is 1. The molecule has 0 aliphatic rings. The Morgan fingerprint density at radius 2 is 2.17 bits per heavy atom. The Balaban J connectivity index is 2.62. The highest BCUT2D eigenvalue weighted by Gasteiger charge is 2.13. The minimum absolute atomic E-state index is 0.0502. The second kappa shape index (κ2) is 7.11. The zero-order valence-electron chi connectivity index (χ0n) is 10.3. The Kier molecular flexibility index (Phi) is 5.78. The molecule has 4 nitrogen and oxygen atoms in total. The maximum Gasteiger partial charge on any atom is 0.255 e. The van der Waals surface area contributed by atoms with Gasteiger partial charge in [-0.2, -0.15) is 0 Å². The lowest BCUT2D eigenvalue weighted by Crippen LogP contribution is -2.29. The SMILES string of the molecule is CCC(CCCl)CNC(=O)c1cc(O)ccc1O. The van der Waals surface area contributed by atoms with Crippen LogP contribution in [0.3, 0.4) is 0 Å². The van der Waals surface area contributed by atoms with Crippen LogP contribution in [0.2, 0.25) is 0 Å². The van der Waals surface area contributed by atoms with Gasteiger partial charge < -0.3 is 15.5 Å². The standard InChI is InChI=1S/C13H18ClNO3/c1-2-9(5-6-14)8-15-13(18)11-7-10(16)3-4-12(11)17/h3-4,7,9,16-17H,2,5-6,8H2,1H3,(H,15,18). The lowest BCUT2D eigenvalue weighted by atomic mass is 10.0. The largest absolute Gasteiger partial charge is 0.508 e. The molecule has 0 saturated heterocycles. The van der Waals surface area contributed by atoms with Crippen molar-refractivity contribution in [2.45, 2.75) is 19.8 Å². The van der Waals surface area contributed by atoms with Crippen molar-refractivity contribution in [1.82, 2.24) is 5.32 Å². The number of carbonyl (C=O) groups excluding carboxylic acids is 1. The quantitative estimate of drug-likeness (QED) is 0.550. The number of phenols is 2. The molecule has 1 aromatic carbocycles. The summed E-state index contributed by atoms with van der Waals surface area (Å²) in [6.07, 6.45) is 1.77. The number of halogens is 1. The van der Waals surface area contributed by atoms with Crippen molar-refractivity contribution in [2.24, 2.45) is 5.92 Å². The first-order valence-electron chi connectivity index (χ1n) is 5.94. The van der Waals surface area contributed by atoms with Gasteiger partial charge in [0.25, 0.3) is 5.91 Å². The number of nitrogens with one attached hydrogen (secondary N) is 1. The Bertz CT molecular complexity index is 409. The van der Waals surface area contributed by atoms with Crippen LogP contribution in [0.25, 0.3) is 0 Å². The lowest BCUT2D eigenvalue weighted by Gasteiger charge is -2.14. The molecule has 100 valence electrons. The highest BCUT2D eigenvalue weighted by Crippen LogP contribution is 2.21. The highest BCUT2D eigenvalue weighted by atomic mass is 35.5.